The molecule has 0 radical (unpaired) electrons. The molecule has 1 aromatic rings. The van der Waals surface area contributed by atoms with E-state index in [0.717, 1.165) is 40.9 Å². The Balaban J connectivity index is 3.19. The van der Waals surface area contributed by atoms with Crippen molar-refractivity contribution in [1.82, 2.24) is 0 Å². The highest BCUT2D eigenvalue weighted by Gasteiger charge is 2.11. The average molecular weight is 276 g/mol. The highest BCUT2D eigenvalue weighted by molar-refractivity contribution is 5.76. The van der Waals surface area contributed by atoms with Crippen LogP contribution in [0.5, 0.6) is 5.75 Å². The summed E-state index contributed by atoms with van der Waals surface area (Å²) < 4.78 is 5.55. The zero-order valence-electron chi connectivity index (χ0n) is 12.8. The maximum Gasteiger partial charge on any atom is 0.307 e. The van der Waals surface area contributed by atoms with Gasteiger partial charge in [-0.2, -0.15) is 0 Å². The molecule has 0 spiro atoms. The van der Waals surface area contributed by atoms with Gasteiger partial charge in [-0.1, -0.05) is 19.4 Å². The maximum atomic E-state index is 10.8. The van der Waals surface area contributed by atoms with Crippen molar-refractivity contribution in [2.24, 2.45) is 0 Å². The summed E-state index contributed by atoms with van der Waals surface area (Å²) in [6.07, 6.45) is 3.80. The van der Waals surface area contributed by atoms with Crippen molar-refractivity contribution in [3.05, 3.63) is 34.9 Å². The zero-order chi connectivity index (χ0) is 15.1. The van der Waals surface area contributed by atoms with Crippen LogP contribution in [0.2, 0.25) is 0 Å². The van der Waals surface area contributed by atoms with E-state index in [-0.39, 0.29) is 6.42 Å². The Morgan fingerprint density at radius 2 is 1.85 bits per heavy atom. The summed E-state index contributed by atoms with van der Waals surface area (Å²) in [6.45, 7) is 8.82. The van der Waals surface area contributed by atoms with Crippen LogP contribution in [-0.4, -0.2) is 17.7 Å². The Morgan fingerprint density at radius 1 is 1.25 bits per heavy atom. The molecule has 0 fully saturated rings. The van der Waals surface area contributed by atoms with Crippen LogP contribution < -0.4 is 4.74 Å². The summed E-state index contributed by atoms with van der Waals surface area (Å²) in [5.74, 6) is 0.0835. The lowest BCUT2D eigenvalue weighted by Gasteiger charge is -2.16. The normalized spacial score (nSPS) is 11.5. The van der Waals surface area contributed by atoms with Crippen molar-refractivity contribution < 1.29 is 14.6 Å². The third kappa shape index (κ3) is 4.41. The SMILES string of the molecule is CCC/C(=C\CC(=O)O)c1c(C)cc(OCC)cc1C. The molecule has 0 aliphatic rings. The molecular formula is C17H24O3. The number of carbonyl (C=O) groups is 1. The molecule has 0 saturated carbocycles. The van der Waals surface area contributed by atoms with Gasteiger partial charge in [0.25, 0.3) is 0 Å². The highest BCUT2D eigenvalue weighted by Crippen LogP contribution is 2.30. The lowest BCUT2D eigenvalue weighted by molar-refractivity contribution is -0.135. The molecule has 1 aromatic carbocycles. The molecule has 1 N–H and O–H groups in total. The zero-order valence-corrected chi connectivity index (χ0v) is 12.8. The van der Waals surface area contributed by atoms with Crippen molar-refractivity contribution in [2.75, 3.05) is 6.61 Å². The Morgan fingerprint density at radius 3 is 2.30 bits per heavy atom. The van der Waals surface area contributed by atoms with Crippen molar-refractivity contribution in [1.29, 1.82) is 0 Å². The molecule has 3 nitrogen and oxygen atoms in total. The number of ether oxygens (including phenoxy) is 1. The van der Waals surface area contributed by atoms with Crippen LogP contribution in [0.3, 0.4) is 0 Å². The summed E-state index contributed by atoms with van der Waals surface area (Å²) >= 11 is 0. The molecule has 110 valence electrons. The third-order valence-corrected chi connectivity index (χ3v) is 3.18. The molecule has 0 aliphatic carbocycles. The lowest BCUT2D eigenvalue weighted by Crippen LogP contribution is -1.99. The van der Waals surface area contributed by atoms with Crippen LogP contribution in [0.25, 0.3) is 5.57 Å². The number of benzene rings is 1. The van der Waals surface area contributed by atoms with Crippen molar-refractivity contribution in [3.63, 3.8) is 0 Å². The Bertz CT molecular complexity index is 478. The van der Waals surface area contributed by atoms with Gasteiger partial charge in [0.05, 0.1) is 13.0 Å². The van der Waals surface area contributed by atoms with E-state index in [2.05, 4.69) is 20.8 Å². The molecule has 0 saturated heterocycles. The number of hydrogen-bond donors (Lipinski definition) is 1. The smallest absolute Gasteiger partial charge is 0.307 e. The Labute approximate surface area is 121 Å². The summed E-state index contributed by atoms with van der Waals surface area (Å²) in [7, 11) is 0. The molecular weight excluding hydrogens is 252 g/mol. The second-order valence-corrected chi connectivity index (χ2v) is 4.94. The van der Waals surface area contributed by atoms with E-state index in [4.69, 9.17) is 9.84 Å². The van der Waals surface area contributed by atoms with Crippen LogP contribution in [0, 0.1) is 13.8 Å². The summed E-state index contributed by atoms with van der Waals surface area (Å²) in [5.41, 5.74) is 4.56. The second-order valence-electron chi connectivity index (χ2n) is 4.94. The van der Waals surface area contributed by atoms with E-state index in [1.165, 1.54) is 0 Å². The molecule has 20 heavy (non-hydrogen) atoms. The van der Waals surface area contributed by atoms with Gasteiger partial charge in [-0.3, -0.25) is 4.79 Å². The van der Waals surface area contributed by atoms with Gasteiger partial charge in [0.1, 0.15) is 5.75 Å². The van der Waals surface area contributed by atoms with Crippen LogP contribution in [0.4, 0.5) is 0 Å². The van der Waals surface area contributed by atoms with E-state index in [1.807, 2.05) is 25.1 Å². The first kappa shape index (κ1) is 16.3. The number of carboxylic acids is 1. The second kappa shape index (κ2) is 7.73. The minimum atomic E-state index is -0.792. The average Bonchev–Trinajstić information content (AvgIpc) is 2.35. The molecule has 0 unspecified atom stereocenters. The van der Waals surface area contributed by atoms with Gasteiger partial charge in [0.15, 0.2) is 0 Å². The standard InChI is InChI=1S/C17H24O3/c1-5-7-14(8-9-16(18)19)17-12(3)10-15(20-6-2)11-13(17)4/h8,10-11H,5-7,9H2,1-4H3,(H,18,19)/b14-8+. The van der Waals surface area contributed by atoms with Crippen LogP contribution in [0.1, 0.15) is 49.8 Å². The molecule has 1 rings (SSSR count). The number of aryl methyl sites for hydroxylation is 2. The third-order valence-electron chi connectivity index (χ3n) is 3.18. The largest absolute Gasteiger partial charge is 0.494 e. The summed E-state index contributed by atoms with van der Waals surface area (Å²) in [5, 5.41) is 8.87. The fraction of sp³-hybridized carbons (Fsp3) is 0.471. The fourth-order valence-electron chi connectivity index (χ4n) is 2.49. The molecule has 0 aliphatic heterocycles. The minimum absolute atomic E-state index is 0.0709. The van der Waals surface area contributed by atoms with Crippen molar-refractivity contribution in [3.8, 4) is 5.75 Å². The molecule has 0 aromatic heterocycles. The van der Waals surface area contributed by atoms with E-state index >= 15 is 0 Å². The van der Waals surface area contributed by atoms with Gasteiger partial charge < -0.3 is 9.84 Å². The van der Waals surface area contributed by atoms with Crippen LogP contribution in [-0.2, 0) is 4.79 Å². The monoisotopic (exact) mass is 276 g/mol. The van der Waals surface area contributed by atoms with E-state index in [0.29, 0.717) is 6.61 Å². The van der Waals surface area contributed by atoms with Gasteiger partial charge in [0, 0.05) is 0 Å². The summed E-state index contributed by atoms with van der Waals surface area (Å²) in [6, 6.07) is 4.05. The molecule has 0 amide bonds. The van der Waals surface area contributed by atoms with Crippen molar-refractivity contribution >= 4 is 11.5 Å². The van der Waals surface area contributed by atoms with Gasteiger partial charge in [-0.25, -0.2) is 0 Å². The van der Waals surface area contributed by atoms with Crippen molar-refractivity contribution in [2.45, 2.75) is 47.0 Å². The fourth-order valence-corrected chi connectivity index (χ4v) is 2.49. The molecule has 0 heterocycles. The van der Waals surface area contributed by atoms with Crippen LogP contribution in [0.15, 0.2) is 18.2 Å². The van der Waals surface area contributed by atoms with Gasteiger partial charge >= 0.3 is 5.97 Å². The summed E-state index contributed by atoms with van der Waals surface area (Å²) in [4.78, 5) is 10.8. The lowest BCUT2D eigenvalue weighted by atomic mass is 9.92. The number of allylic oxidation sites excluding steroid dienone is 1. The number of rotatable bonds is 7. The van der Waals surface area contributed by atoms with Gasteiger partial charge in [-0.15, -0.1) is 0 Å². The Hall–Kier alpha value is -1.77. The molecule has 3 heteroatoms. The Kier molecular flexibility index (Phi) is 6.29. The first-order valence-corrected chi connectivity index (χ1v) is 7.14. The first-order valence-electron chi connectivity index (χ1n) is 7.14. The predicted molar refractivity (Wildman–Crippen MR) is 82.2 cm³/mol. The van der Waals surface area contributed by atoms with Gasteiger partial charge in [0.2, 0.25) is 0 Å². The van der Waals surface area contributed by atoms with E-state index < -0.39 is 5.97 Å². The minimum Gasteiger partial charge on any atom is -0.494 e. The highest BCUT2D eigenvalue weighted by atomic mass is 16.5. The predicted octanol–water partition coefficient (Wildman–Crippen LogP) is 4.36. The quantitative estimate of drug-likeness (QED) is 0.804. The van der Waals surface area contributed by atoms with E-state index in [1.54, 1.807) is 0 Å². The van der Waals surface area contributed by atoms with Crippen LogP contribution >= 0.6 is 0 Å². The first-order chi connectivity index (χ1) is 9.49. The van der Waals surface area contributed by atoms with E-state index in [9.17, 15) is 4.79 Å². The molecule has 0 bridgehead atoms. The maximum absolute atomic E-state index is 10.8. The molecule has 0 atom stereocenters. The number of aliphatic carboxylic acids is 1. The number of hydrogen-bond acceptors (Lipinski definition) is 2. The number of carboxylic acid groups (broad SMARTS) is 1. The van der Waals surface area contributed by atoms with Gasteiger partial charge in [-0.05, 0) is 61.6 Å². The topological polar surface area (TPSA) is 46.5 Å².